The summed E-state index contributed by atoms with van der Waals surface area (Å²) >= 11 is 0.913. The number of benzene rings is 1. The van der Waals surface area contributed by atoms with Gasteiger partial charge >= 0.3 is 11.9 Å². The Balaban J connectivity index is 1.96. The Hall–Kier alpha value is -2.76. The van der Waals surface area contributed by atoms with Crippen molar-refractivity contribution < 1.29 is 32.3 Å². The largest absolute Gasteiger partial charge is 0.462 e. The van der Waals surface area contributed by atoms with Crippen molar-refractivity contribution in [3.05, 3.63) is 45.3 Å². The van der Waals surface area contributed by atoms with Crippen LogP contribution < -0.4 is 5.32 Å². The van der Waals surface area contributed by atoms with Crippen LogP contribution in [0.3, 0.4) is 0 Å². The average molecular weight is 523 g/mol. The number of nitrogens with one attached hydrogen (secondary N) is 1. The number of sulfonamides is 1. The van der Waals surface area contributed by atoms with Gasteiger partial charge in [-0.15, -0.1) is 11.3 Å². The van der Waals surface area contributed by atoms with E-state index in [4.69, 9.17) is 9.47 Å². The van der Waals surface area contributed by atoms with Crippen LogP contribution in [0.25, 0.3) is 0 Å². The van der Waals surface area contributed by atoms with E-state index in [-0.39, 0.29) is 39.1 Å². The van der Waals surface area contributed by atoms with Gasteiger partial charge in [-0.2, -0.15) is 4.31 Å². The van der Waals surface area contributed by atoms with Crippen LogP contribution in [0.1, 0.15) is 74.6 Å². The Bertz CT molecular complexity index is 1230. The molecule has 1 N–H and O–H groups in total. The molecule has 0 atom stereocenters. The van der Waals surface area contributed by atoms with Crippen LogP contribution in [0.5, 0.6) is 0 Å². The first-order valence-corrected chi connectivity index (χ1v) is 13.8. The molecule has 2 heterocycles. The van der Waals surface area contributed by atoms with Gasteiger partial charge in [0.15, 0.2) is 0 Å². The lowest BCUT2D eigenvalue weighted by Gasteiger charge is -2.26. The van der Waals surface area contributed by atoms with Gasteiger partial charge in [0.25, 0.3) is 5.91 Å². The summed E-state index contributed by atoms with van der Waals surface area (Å²) in [5, 5.41) is 2.80. The topological polar surface area (TPSA) is 119 Å². The second-order valence-corrected chi connectivity index (χ2v) is 11.0. The SMILES string of the molecule is CCOC(=O)c1sc(NC(=O)c2ccc(C)c(S(=O)(=O)N3CCCCC3)c2)c(C(=O)OCC)c1C. The number of aryl methyl sites for hydroxylation is 1. The van der Waals surface area contributed by atoms with E-state index in [1.807, 2.05) is 0 Å². The summed E-state index contributed by atoms with van der Waals surface area (Å²) in [6, 6.07) is 4.46. The quantitative estimate of drug-likeness (QED) is 0.517. The zero-order valence-electron chi connectivity index (χ0n) is 20.3. The minimum absolute atomic E-state index is 0.0709. The predicted molar refractivity (Wildman–Crippen MR) is 133 cm³/mol. The zero-order valence-corrected chi connectivity index (χ0v) is 21.9. The maximum Gasteiger partial charge on any atom is 0.348 e. The Morgan fingerprint density at radius 2 is 1.63 bits per heavy atom. The van der Waals surface area contributed by atoms with Crippen LogP contribution in [0, 0.1) is 13.8 Å². The first kappa shape index (κ1) is 26.8. The third kappa shape index (κ3) is 5.74. The summed E-state index contributed by atoms with van der Waals surface area (Å²) in [6.07, 6.45) is 2.59. The van der Waals surface area contributed by atoms with Gasteiger partial charge in [-0.1, -0.05) is 12.5 Å². The molecule has 0 saturated carbocycles. The smallest absolute Gasteiger partial charge is 0.348 e. The Labute approximate surface area is 209 Å². The number of hydrogen-bond acceptors (Lipinski definition) is 8. The van der Waals surface area contributed by atoms with Gasteiger partial charge in [0, 0.05) is 18.7 Å². The van der Waals surface area contributed by atoms with E-state index in [1.165, 1.54) is 16.4 Å². The number of anilines is 1. The molecule has 11 heteroatoms. The van der Waals surface area contributed by atoms with E-state index < -0.39 is 27.9 Å². The van der Waals surface area contributed by atoms with Gasteiger partial charge < -0.3 is 14.8 Å². The summed E-state index contributed by atoms with van der Waals surface area (Å²) in [5.41, 5.74) is 1.07. The highest BCUT2D eigenvalue weighted by Gasteiger charge is 2.30. The molecule has 0 radical (unpaired) electrons. The zero-order chi connectivity index (χ0) is 25.8. The number of hydrogen-bond donors (Lipinski definition) is 1. The van der Waals surface area contributed by atoms with Gasteiger partial charge in [0.05, 0.1) is 23.7 Å². The van der Waals surface area contributed by atoms with E-state index in [1.54, 1.807) is 33.8 Å². The lowest BCUT2D eigenvalue weighted by molar-refractivity contribution is 0.0527. The van der Waals surface area contributed by atoms with Crippen LogP contribution in [0.4, 0.5) is 5.00 Å². The minimum atomic E-state index is -3.75. The summed E-state index contributed by atoms with van der Waals surface area (Å²) in [7, 11) is -3.75. The molecular formula is C24H30N2O7S2. The van der Waals surface area contributed by atoms with Gasteiger partial charge in [-0.25, -0.2) is 18.0 Å². The van der Waals surface area contributed by atoms with Crippen molar-refractivity contribution in [1.82, 2.24) is 4.31 Å². The second kappa shape index (κ2) is 11.3. The van der Waals surface area contributed by atoms with Crippen molar-refractivity contribution in [3.8, 4) is 0 Å². The first-order valence-electron chi connectivity index (χ1n) is 11.5. The number of nitrogens with zero attached hydrogens (tertiary/aromatic N) is 1. The number of amides is 1. The molecule has 35 heavy (non-hydrogen) atoms. The number of carbonyl (C=O) groups excluding carboxylic acids is 3. The number of ether oxygens (including phenoxy) is 2. The molecule has 0 spiro atoms. The molecule has 1 saturated heterocycles. The average Bonchev–Trinajstić information content (AvgIpc) is 3.15. The van der Waals surface area contributed by atoms with Crippen LogP contribution in [-0.4, -0.2) is 56.9 Å². The minimum Gasteiger partial charge on any atom is -0.462 e. The molecule has 2 aromatic rings. The summed E-state index contributed by atoms with van der Waals surface area (Å²) in [5.74, 6) is -1.89. The Morgan fingerprint density at radius 1 is 1.00 bits per heavy atom. The van der Waals surface area contributed by atoms with E-state index in [0.717, 1.165) is 30.6 Å². The molecule has 1 aliphatic heterocycles. The lowest BCUT2D eigenvalue weighted by Crippen LogP contribution is -2.36. The Morgan fingerprint density at radius 3 is 2.26 bits per heavy atom. The molecule has 0 bridgehead atoms. The molecule has 1 fully saturated rings. The lowest BCUT2D eigenvalue weighted by atomic mass is 10.1. The fourth-order valence-electron chi connectivity index (χ4n) is 3.88. The van der Waals surface area contributed by atoms with E-state index in [9.17, 15) is 22.8 Å². The van der Waals surface area contributed by atoms with Gasteiger partial charge in [-0.05, 0) is 63.8 Å². The Kier molecular flexibility index (Phi) is 8.68. The number of carbonyl (C=O) groups is 3. The van der Waals surface area contributed by atoms with Crippen LogP contribution in [0.2, 0.25) is 0 Å². The van der Waals surface area contributed by atoms with E-state index >= 15 is 0 Å². The van der Waals surface area contributed by atoms with E-state index in [0.29, 0.717) is 24.2 Å². The van der Waals surface area contributed by atoms with Crippen LogP contribution in [0.15, 0.2) is 23.1 Å². The van der Waals surface area contributed by atoms with Crippen molar-refractivity contribution >= 4 is 44.2 Å². The maximum atomic E-state index is 13.2. The predicted octanol–water partition coefficient (Wildman–Crippen LogP) is 4.15. The molecule has 0 aliphatic carbocycles. The van der Waals surface area contributed by atoms with Crippen molar-refractivity contribution in [2.75, 3.05) is 31.6 Å². The normalized spacial score (nSPS) is 14.4. The third-order valence-electron chi connectivity index (χ3n) is 5.70. The molecule has 190 valence electrons. The highest BCUT2D eigenvalue weighted by molar-refractivity contribution is 7.89. The van der Waals surface area contributed by atoms with Gasteiger partial charge in [0.2, 0.25) is 10.0 Å². The fraction of sp³-hybridized carbons (Fsp3) is 0.458. The summed E-state index contributed by atoms with van der Waals surface area (Å²) in [6.45, 7) is 7.77. The molecular weight excluding hydrogens is 492 g/mol. The number of esters is 2. The first-order chi connectivity index (χ1) is 16.6. The third-order valence-corrected chi connectivity index (χ3v) is 8.93. The highest BCUT2D eigenvalue weighted by atomic mass is 32.2. The molecule has 9 nitrogen and oxygen atoms in total. The number of piperidine rings is 1. The van der Waals surface area contributed by atoms with Crippen molar-refractivity contribution in [2.24, 2.45) is 0 Å². The summed E-state index contributed by atoms with van der Waals surface area (Å²) in [4.78, 5) is 38.4. The van der Waals surface area contributed by atoms with Crippen molar-refractivity contribution in [2.45, 2.75) is 51.9 Å². The molecule has 0 unspecified atom stereocenters. The monoisotopic (exact) mass is 522 g/mol. The van der Waals surface area contributed by atoms with E-state index in [2.05, 4.69) is 5.32 Å². The standard InChI is InChI=1S/C24H30N2O7S2/c1-5-32-23(28)19-16(4)20(24(29)33-6-2)34-22(19)25-21(27)17-11-10-15(3)18(14-17)35(30,31)26-12-8-7-9-13-26/h10-11,14H,5-9,12-13H2,1-4H3,(H,25,27). The molecule has 3 rings (SSSR count). The second-order valence-electron chi connectivity index (χ2n) is 8.10. The van der Waals surface area contributed by atoms with Gasteiger partial charge in [-0.3, -0.25) is 4.79 Å². The van der Waals surface area contributed by atoms with Crippen molar-refractivity contribution in [1.29, 1.82) is 0 Å². The maximum absolute atomic E-state index is 13.2. The molecule has 1 aliphatic rings. The van der Waals surface area contributed by atoms with Crippen LogP contribution >= 0.6 is 11.3 Å². The highest BCUT2D eigenvalue weighted by Crippen LogP contribution is 2.35. The number of thiophene rings is 1. The number of rotatable bonds is 8. The van der Waals surface area contributed by atoms with Gasteiger partial charge in [0.1, 0.15) is 9.88 Å². The summed E-state index contributed by atoms with van der Waals surface area (Å²) < 4.78 is 38.1. The molecule has 1 amide bonds. The fourth-order valence-corrected chi connectivity index (χ4v) is 6.73. The van der Waals surface area contributed by atoms with Crippen molar-refractivity contribution in [3.63, 3.8) is 0 Å². The molecule has 1 aromatic carbocycles. The van der Waals surface area contributed by atoms with Crippen LogP contribution in [-0.2, 0) is 19.5 Å². The molecule has 1 aromatic heterocycles.